The van der Waals surface area contributed by atoms with Gasteiger partial charge in [-0.2, -0.15) is 5.10 Å². The lowest BCUT2D eigenvalue weighted by atomic mass is 10.3. The zero-order valence-electron chi connectivity index (χ0n) is 20.2. The van der Waals surface area contributed by atoms with E-state index >= 15 is 0 Å². The first-order valence-corrected chi connectivity index (χ1v) is 11.4. The van der Waals surface area contributed by atoms with Crippen molar-refractivity contribution in [2.75, 3.05) is 5.01 Å². The maximum absolute atomic E-state index is 4.30. The largest absolute Gasteiger partial charge is 0.234 e. The van der Waals surface area contributed by atoms with E-state index in [0.717, 1.165) is 11.5 Å². The maximum Gasteiger partial charge on any atom is 0.153 e. The molecule has 0 amide bonds. The Kier molecular flexibility index (Phi) is 25.9. The van der Waals surface area contributed by atoms with E-state index in [9.17, 15) is 0 Å². The van der Waals surface area contributed by atoms with Crippen LogP contribution < -0.4 is 14.8 Å². The third kappa shape index (κ3) is 14.3. The lowest BCUT2D eigenvalue weighted by molar-refractivity contribution is 1.02. The number of allylic oxidation sites excluding steroid dienone is 2. The van der Waals surface area contributed by atoms with Crippen molar-refractivity contribution < 1.29 is 0 Å². The Morgan fingerprint density at radius 3 is 2.00 bits per heavy atom. The van der Waals surface area contributed by atoms with Gasteiger partial charge < -0.3 is 0 Å². The Balaban J connectivity index is -0.000000392. The normalized spacial score (nSPS) is 10.0. The van der Waals surface area contributed by atoms with Crippen LogP contribution in [0.2, 0.25) is 0 Å². The van der Waals surface area contributed by atoms with E-state index in [2.05, 4.69) is 41.3 Å². The van der Waals surface area contributed by atoms with E-state index in [0.29, 0.717) is 0 Å². The molecule has 4 heteroatoms. The van der Waals surface area contributed by atoms with Gasteiger partial charge in [0.15, 0.2) is 5.82 Å². The molecule has 3 nitrogen and oxygen atoms in total. The SMILES string of the molecule is C=C/C=c1/ccs/c1=C/C=C.C=CN(/N=C\C)c1cccc(C)n1.CC.CC.CC. The van der Waals surface area contributed by atoms with Crippen LogP contribution in [-0.2, 0) is 0 Å². The molecule has 0 N–H and O–H groups in total. The number of thiophene rings is 1. The molecule has 0 spiro atoms. The number of aryl methyl sites for hydroxylation is 1. The van der Waals surface area contributed by atoms with Gasteiger partial charge in [0.2, 0.25) is 0 Å². The second-order valence-electron chi connectivity index (χ2n) is 4.58. The molecule has 0 aliphatic rings. The number of pyridine rings is 1. The summed E-state index contributed by atoms with van der Waals surface area (Å²) >= 11 is 1.71. The average molecular weight is 428 g/mol. The number of anilines is 1. The van der Waals surface area contributed by atoms with Crippen LogP contribution in [0.25, 0.3) is 12.2 Å². The first kappa shape index (κ1) is 32.0. The number of aromatic nitrogens is 1. The number of hydrogen-bond donors (Lipinski definition) is 0. The van der Waals surface area contributed by atoms with Crippen LogP contribution >= 0.6 is 11.3 Å². The molecule has 0 radical (unpaired) electrons. The number of hydrogen-bond acceptors (Lipinski definition) is 4. The maximum atomic E-state index is 4.30. The van der Waals surface area contributed by atoms with Crippen molar-refractivity contribution in [3.63, 3.8) is 0 Å². The van der Waals surface area contributed by atoms with Crippen LogP contribution in [0.15, 0.2) is 72.8 Å². The number of rotatable bonds is 5. The van der Waals surface area contributed by atoms with Gasteiger partial charge >= 0.3 is 0 Å². The topological polar surface area (TPSA) is 28.5 Å². The molecule has 0 bridgehead atoms. The van der Waals surface area contributed by atoms with Crippen molar-refractivity contribution in [1.29, 1.82) is 0 Å². The summed E-state index contributed by atoms with van der Waals surface area (Å²) in [5.41, 5.74) is 0.968. The summed E-state index contributed by atoms with van der Waals surface area (Å²) in [6.07, 6.45) is 10.9. The highest BCUT2D eigenvalue weighted by molar-refractivity contribution is 7.07. The van der Waals surface area contributed by atoms with Gasteiger partial charge in [0, 0.05) is 22.6 Å². The second kappa shape index (κ2) is 24.3. The number of nitrogens with zero attached hydrogens (tertiary/aromatic N) is 3. The van der Waals surface area contributed by atoms with E-state index in [1.165, 1.54) is 9.75 Å². The van der Waals surface area contributed by atoms with Crippen molar-refractivity contribution in [3.05, 3.63) is 83.2 Å². The second-order valence-corrected chi connectivity index (χ2v) is 5.53. The minimum absolute atomic E-state index is 0.785. The monoisotopic (exact) mass is 427 g/mol. The highest BCUT2D eigenvalue weighted by Gasteiger charge is 1.99. The molecule has 2 heterocycles. The minimum atomic E-state index is 0.785. The molecule has 0 aliphatic heterocycles. The van der Waals surface area contributed by atoms with Gasteiger partial charge in [0.1, 0.15) is 0 Å². The molecule has 0 saturated heterocycles. The van der Waals surface area contributed by atoms with Gasteiger partial charge in [-0.3, -0.25) is 0 Å². The Morgan fingerprint density at radius 1 is 0.933 bits per heavy atom. The van der Waals surface area contributed by atoms with Crippen LogP contribution in [-0.4, -0.2) is 11.2 Å². The Morgan fingerprint density at radius 2 is 1.53 bits per heavy atom. The Hall–Kier alpha value is -2.72. The highest BCUT2D eigenvalue weighted by atomic mass is 32.1. The molecule has 166 valence electrons. The third-order valence-corrected chi connectivity index (χ3v) is 3.71. The van der Waals surface area contributed by atoms with E-state index in [1.54, 1.807) is 40.9 Å². The van der Waals surface area contributed by atoms with E-state index in [-0.39, 0.29) is 0 Å². The first-order valence-electron chi connectivity index (χ1n) is 10.5. The summed E-state index contributed by atoms with van der Waals surface area (Å²) < 4.78 is 1.24. The molecular weight excluding hydrogens is 386 g/mol. The number of hydrazone groups is 1. The molecule has 30 heavy (non-hydrogen) atoms. The smallest absolute Gasteiger partial charge is 0.153 e. The molecule has 0 unspecified atom stereocenters. The quantitative estimate of drug-likeness (QED) is 0.376. The highest BCUT2D eigenvalue weighted by Crippen LogP contribution is 2.11. The summed E-state index contributed by atoms with van der Waals surface area (Å²) in [7, 11) is 0. The zero-order chi connectivity index (χ0) is 23.8. The van der Waals surface area contributed by atoms with Crippen molar-refractivity contribution in [2.24, 2.45) is 5.10 Å². The third-order valence-electron chi connectivity index (χ3n) is 2.81. The van der Waals surface area contributed by atoms with E-state index < -0.39 is 0 Å². The van der Waals surface area contributed by atoms with Crippen molar-refractivity contribution in [3.8, 4) is 0 Å². The zero-order valence-corrected chi connectivity index (χ0v) is 21.0. The lowest BCUT2D eigenvalue weighted by Gasteiger charge is -2.11. The van der Waals surface area contributed by atoms with Crippen LogP contribution in [0, 0.1) is 6.92 Å². The predicted octanol–water partition coefficient (Wildman–Crippen LogP) is 7.11. The standard InChI is InChI=1S/C10H13N3.C10H10S.3C2H6/c1-4-11-13(5-2)10-8-6-7-9(3)12-10;1-3-5-9-7-8-11-10(9)6-4-2;3*1-2/h4-8H,2H2,1,3H3;3-8H,1-2H2;3*1-2H3/b11-4-;9-5-,10-6+;;;. The van der Waals surface area contributed by atoms with Crippen LogP contribution in [0.4, 0.5) is 5.82 Å². The summed E-state index contributed by atoms with van der Waals surface area (Å²) in [6.45, 7) is 26.8. The van der Waals surface area contributed by atoms with E-state index in [4.69, 9.17) is 0 Å². The molecule has 0 aliphatic carbocycles. The van der Waals surface area contributed by atoms with Crippen molar-refractivity contribution >= 4 is 35.5 Å². The summed E-state index contributed by atoms with van der Waals surface area (Å²) in [6, 6.07) is 7.85. The molecule has 2 aromatic heterocycles. The predicted molar refractivity (Wildman–Crippen MR) is 143 cm³/mol. The fourth-order valence-corrected chi connectivity index (χ4v) is 2.63. The minimum Gasteiger partial charge on any atom is -0.234 e. The van der Waals surface area contributed by atoms with Gasteiger partial charge in [-0.15, -0.1) is 11.3 Å². The fourth-order valence-electron chi connectivity index (χ4n) is 1.82. The fraction of sp³-hybridized carbons (Fsp3) is 0.308. The van der Waals surface area contributed by atoms with E-state index in [1.807, 2.05) is 85.7 Å². The molecule has 2 rings (SSSR count). The van der Waals surface area contributed by atoms with Crippen LogP contribution in [0.5, 0.6) is 0 Å². The van der Waals surface area contributed by atoms with Crippen LogP contribution in [0.1, 0.15) is 54.2 Å². The summed E-state index contributed by atoms with van der Waals surface area (Å²) in [5.74, 6) is 0.785. The van der Waals surface area contributed by atoms with Gasteiger partial charge in [-0.1, -0.05) is 85.6 Å². The summed E-state index contributed by atoms with van der Waals surface area (Å²) in [5, 5.41) is 8.99. The van der Waals surface area contributed by atoms with Crippen LogP contribution in [0.3, 0.4) is 0 Å². The van der Waals surface area contributed by atoms with Gasteiger partial charge in [-0.25, -0.2) is 9.99 Å². The molecule has 0 atom stereocenters. The average Bonchev–Trinajstić information content (AvgIpc) is 3.24. The molecular formula is C26H41N3S. The van der Waals surface area contributed by atoms with Gasteiger partial charge in [0.25, 0.3) is 0 Å². The van der Waals surface area contributed by atoms with Crippen molar-refractivity contribution in [1.82, 2.24) is 4.98 Å². The molecule has 0 fully saturated rings. The van der Waals surface area contributed by atoms with Gasteiger partial charge in [-0.05, 0) is 48.7 Å². The first-order chi connectivity index (χ1) is 14.7. The Bertz CT molecular complexity index is 782. The molecule has 0 saturated carbocycles. The molecule has 2 aromatic rings. The lowest BCUT2D eigenvalue weighted by Crippen LogP contribution is -2.16. The van der Waals surface area contributed by atoms with Crippen molar-refractivity contribution in [2.45, 2.75) is 55.4 Å². The Labute approximate surface area is 189 Å². The van der Waals surface area contributed by atoms with Gasteiger partial charge in [0.05, 0.1) is 0 Å². The molecule has 0 aromatic carbocycles. The summed E-state index contributed by atoms with van der Waals surface area (Å²) in [4.78, 5) is 4.30.